The van der Waals surface area contributed by atoms with E-state index in [4.69, 9.17) is 0 Å². The maximum Gasteiger partial charge on any atom is 0.233 e. The van der Waals surface area contributed by atoms with Crippen LogP contribution in [0.25, 0.3) is 0 Å². The molecule has 1 saturated heterocycles. The van der Waals surface area contributed by atoms with Gasteiger partial charge in [-0.3, -0.25) is 24.1 Å². The standard InChI is InChI=1S/C32H37NO4/c1-31-12-10-20(34)14-19(31)8-9-21-24(31)11-13-32(2)25(21)15-22-27-23(16-26(35)28(22)32)29(36)33(30(27)37)17-18-6-4-3-5-7-18/h3-7,14,21-25,27-28H,8-13,15-17H2,1-2H3/t21-,22+,23-,24+,25+,27-,28-,31+,32+/m1/s1. The molecule has 6 aliphatic rings. The zero-order valence-electron chi connectivity index (χ0n) is 21.9. The van der Waals surface area contributed by atoms with Crippen molar-refractivity contribution in [3.63, 3.8) is 0 Å². The molecule has 0 radical (unpaired) electrons. The van der Waals surface area contributed by atoms with E-state index in [2.05, 4.69) is 13.8 Å². The number of likely N-dealkylation sites (tertiary alicyclic amines) is 1. The van der Waals surface area contributed by atoms with Gasteiger partial charge in [-0.15, -0.1) is 0 Å². The van der Waals surface area contributed by atoms with Crippen molar-refractivity contribution in [2.45, 2.75) is 71.8 Å². The summed E-state index contributed by atoms with van der Waals surface area (Å²) in [6.45, 7) is 5.01. The van der Waals surface area contributed by atoms with Crippen LogP contribution in [0.2, 0.25) is 0 Å². The lowest BCUT2D eigenvalue weighted by atomic mass is 9.46. The van der Waals surface area contributed by atoms with Crippen LogP contribution in [0.3, 0.4) is 0 Å². The van der Waals surface area contributed by atoms with Crippen LogP contribution in [0.4, 0.5) is 0 Å². The molecule has 5 heteroatoms. The van der Waals surface area contributed by atoms with Gasteiger partial charge in [-0.2, -0.15) is 0 Å². The van der Waals surface area contributed by atoms with E-state index >= 15 is 0 Å². The first kappa shape index (κ1) is 23.5. The third kappa shape index (κ3) is 3.15. The Morgan fingerprint density at radius 2 is 1.68 bits per heavy atom. The minimum absolute atomic E-state index is 0.0186. The van der Waals surface area contributed by atoms with Crippen molar-refractivity contribution >= 4 is 23.4 Å². The lowest BCUT2D eigenvalue weighted by Gasteiger charge is -2.58. The summed E-state index contributed by atoms with van der Waals surface area (Å²) in [7, 11) is 0. The Balaban J connectivity index is 1.20. The van der Waals surface area contributed by atoms with Crippen LogP contribution < -0.4 is 0 Å². The number of rotatable bonds is 2. The fourth-order valence-corrected chi connectivity index (χ4v) is 10.4. The van der Waals surface area contributed by atoms with Gasteiger partial charge in [-0.1, -0.05) is 49.8 Å². The molecule has 4 saturated carbocycles. The Morgan fingerprint density at radius 1 is 0.892 bits per heavy atom. The van der Waals surface area contributed by atoms with Gasteiger partial charge in [-0.05, 0) is 84.7 Å². The van der Waals surface area contributed by atoms with E-state index in [-0.39, 0.29) is 58.4 Å². The average Bonchev–Trinajstić information content (AvgIpc) is 3.32. The fraction of sp³-hybridized carbons (Fsp3) is 0.625. The second-order valence-electron chi connectivity index (χ2n) is 13.4. The molecule has 0 aromatic heterocycles. The van der Waals surface area contributed by atoms with Gasteiger partial charge < -0.3 is 0 Å². The second-order valence-corrected chi connectivity index (χ2v) is 13.4. The van der Waals surface area contributed by atoms with Crippen LogP contribution in [0.15, 0.2) is 42.0 Å². The third-order valence-electron chi connectivity index (χ3n) is 12.0. The van der Waals surface area contributed by atoms with Crippen molar-refractivity contribution in [2.24, 2.45) is 52.3 Å². The smallest absolute Gasteiger partial charge is 0.233 e. The number of fused-ring (bicyclic) bond motifs is 9. The number of Topliss-reactive ketones (excluding diaryl/α,β-unsaturated/α-hetero) is 1. The first-order valence-electron chi connectivity index (χ1n) is 14.4. The summed E-state index contributed by atoms with van der Waals surface area (Å²) in [5, 5.41) is 0. The van der Waals surface area contributed by atoms with E-state index in [1.54, 1.807) is 0 Å². The zero-order valence-corrected chi connectivity index (χ0v) is 21.9. The van der Waals surface area contributed by atoms with Gasteiger partial charge in [0.2, 0.25) is 11.8 Å². The number of nitrogens with zero attached hydrogens (tertiary/aromatic N) is 1. The molecule has 1 heterocycles. The fourth-order valence-electron chi connectivity index (χ4n) is 10.4. The van der Waals surface area contributed by atoms with Crippen LogP contribution in [-0.2, 0) is 25.7 Å². The summed E-state index contributed by atoms with van der Waals surface area (Å²) in [6.07, 6.45) is 8.81. The molecule has 1 aliphatic heterocycles. The predicted molar refractivity (Wildman–Crippen MR) is 138 cm³/mol. The number of imide groups is 1. The molecule has 1 aromatic rings. The molecule has 37 heavy (non-hydrogen) atoms. The maximum atomic E-state index is 13.8. The minimum atomic E-state index is -0.479. The molecule has 5 nitrogen and oxygen atoms in total. The van der Waals surface area contributed by atoms with E-state index in [0.717, 1.165) is 44.1 Å². The molecular weight excluding hydrogens is 462 g/mol. The van der Waals surface area contributed by atoms with E-state index in [0.29, 0.717) is 30.7 Å². The molecule has 1 aromatic carbocycles. The third-order valence-corrected chi connectivity index (χ3v) is 12.0. The number of carbonyl (C=O) groups excluding carboxylic acids is 4. The predicted octanol–water partition coefficient (Wildman–Crippen LogP) is 5.13. The Kier molecular flexibility index (Phi) is 5.07. The van der Waals surface area contributed by atoms with Crippen molar-refractivity contribution < 1.29 is 19.2 Å². The highest BCUT2D eigenvalue weighted by molar-refractivity contribution is 6.08. The Labute approximate surface area is 219 Å². The summed E-state index contributed by atoms with van der Waals surface area (Å²) in [5.41, 5.74) is 2.30. The van der Waals surface area contributed by atoms with E-state index < -0.39 is 5.92 Å². The van der Waals surface area contributed by atoms with Crippen LogP contribution >= 0.6 is 0 Å². The van der Waals surface area contributed by atoms with Crippen LogP contribution in [0.1, 0.15) is 70.8 Å². The van der Waals surface area contributed by atoms with E-state index in [1.807, 2.05) is 36.4 Å². The summed E-state index contributed by atoms with van der Waals surface area (Å²) in [5.74, 6) is 0.838. The molecule has 0 bridgehead atoms. The minimum Gasteiger partial charge on any atom is -0.299 e. The molecule has 0 spiro atoms. The van der Waals surface area contributed by atoms with Crippen molar-refractivity contribution in [2.75, 3.05) is 0 Å². The van der Waals surface area contributed by atoms with Crippen molar-refractivity contribution in [3.05, 3.63) is 47.5 Å². The summed E-state index contributed by atoms with van der Waals surface area (Å²) in [6, 6.07) is 9.70. The SMILES string of the molecule is C[C@]12CC[C@H]3[C@@H](CCC4=CC(=O)CC[C@@]43C)[C@@H]1C[C@H]1[C@H]3C(=O)N(Cc4ccccc4)C(=O)[C@@H]3CC(=O)[C@@H]12. The van der Waals surface area contributed by atoms with E-state index in [1.165, 1.54) is 10.5 Å². The van der Waals surface area contributed by atoms with Crippen LogP contribution in [0.5, 0.6) is 0 Å². The summed E-state index contributed by atoms with van der Waals surface area (Å²) < 4.78 is 0. The number of benzene rings is 1. The molecule has 7 rings (SSSR count). The Hall–Kier alpha value is -2.56. The number of carbonyl (C=O) groups is 4. The van der Waals surface area contributed by atoms with Gasteiger partial charge in [0, 0.05) is 18.8 Å². The summed E-state index contributed by atoms with van der Waals surface area (Å²) >= 11 is 0. The van der Waals surface area contributed by atoms with Gasteiger partial charge >= 0.3 is 0 Å². The molecule has 0 unspecified atom stereocenters. The highest BCUT2D eigenvalue weighted by Gasteiger charge is 2.68. The molecule has 9 atom stereocenters. The normalized spacial score (nSPS) is 44.5. The monoisotopic (exact) mass is 499 g/mol. The zero-order chi connectivity index (χ0) is 25.7. The lowest BCUT2D eigenvalue weighted by Crippen LogP contribution is -2.52. The molecule has 194 valence electrons. The molecule has 2 amide bonds. The molecule has 0 N–H and O–H groups in total. The van der Waals surface area contributed by atoms with Gasteiger partial charge in [0.05, 0.1) is 18.4 Å². The number of amides is 2. The highest BCUT2D eigenvalue weighted by Crippen LogP contribution is 2.70. The number of ketones is 2. The van der Waals surface area contributed by atoms with Gasteiger partial charge in [0.1, 0.15) is 5.78 Å². The molecule has 5 aliphatic carbocycles. The molecular formula is C32H37NO4. The topological polar surface area (TPSA) is 71.5 Å². The largest absolute Gasteiger partial charge is 0.299 e. The van der Waals surface area contributed by atoms with Crippen molar-refractivity contribution in [1.82, 2.24) is 4.90 Å². The van der Waals surface area contributed by atoms with Gasteiger partial charge in [0.25, 0.3) is 0 Å². The first-order chi connectivity index (χ1) is 17.7. The number of allylic oxidation sites excluding steroid dienone is 1. The van der Waals surface area contributed by atoms with Crippen LogP contribution in [0, 0.1) is 52.3 Å². The number of hydrogen-bond donors (Lipinski definition) is 0. The maximum absolute atomic E-state index is 13.8. The molecule has 5 fully saturated rings. The number of hydrogen-bond acceptors (Lipinski definition) is 4. The summed E-state index contributed by atoms with van der Waals surface area (Å²) in [4.78, 5) is 54.7. The van der Waals surface area contributed by atoms with E-state index in [9.17, 15) is 19.2 Å². The Morgan fingerprint density at radius 3 is 2.46 bits per heavy atom. The van der Waals surface area contributed by atoms with Crippen LogP contribution in [-0.4, -0.2) is 28.3 Å². The second kappa shape index (κ2) is 7.97. The van der Waals surface area contributed by atoms with Crippen molar-refractivity contribution in [1.29, 1.82) is 0 Å². The Bertz CT molecular complexity index is 1230. The van der Waals surface area contributed by atoms with Gasteiger partial charge in [-0.25, -0.2) is 0 Å². The highest BCUT2D eigenvalue weighted by atomic mass is 16.2. The quantitative estimate of drug-likeness (QED) is 0.529. The average molecular weight is 500 g/mol. The van der Waals surface area contributed by atoms with Crippen molar-refractivity contribution in [3.8, 4) is 0 Å². The first-order valence-corrected chi connectivity index (χ1v) is 14.4. The lowest BCUT2D eigenvalue weighted by molar-refractivity contribution is -0.142. The van der Waals surface area contributed by atoms with Gasteiger partial charge in [0.15, 0.2) is 5.78 Å².